The zero-order valence-corrected chi connectivity index (χ0v) is 23.2. The molecule has 0 aliphatic heterocycles. The molecule has 9 rings (SSSR count). The molecule has 0 saturated carbocycles. The Kier molecular flexibility index (Phi) is 4.64. The predicted molar refractivity (Wildman–Crippen MR) is 166 cm³/mol. The zero-order valence-electron chi connectivity index (χ0n) is 21.3. The summed E-state index contributed by atoms with van der Waals surface area (Å²) in [5.41, 5.74) is 5.56. The fraction of sp³-hybridized carbons (Fsp3) is 0. The maximum absolute atomic E-state index is 6.62. The van der Waals surface area contributed by atoms with Crippen LogP contribution in [0.5, 0.6) is 0 Å². The number of hydrogen-bond donors (Lipinski definition) is 0. The van der Waals surface area contributed by atoms with Crippen molar-refractivity contribution in [1.82, 2.24) is 0 Å². The van der Waals surface area contributed by atoms with Gasteiger partial charge in [-0.25, -0.2) is 0 Å². The van der Waals surface area contributed by atoms with Gasteiger partial charge in [0.2, 0.25) is 0 Å². The summed E-state index contributed by atoms with van der Waals surface area (Å²) in [5.74, 6) is 0. The van der Waals surface area contributed by atoms with Crippen LogP contribution in [0.2, 0.25) is 0 Å². The van der Waals surface area contributed by atoms with Gasteiger partial charge in [0.25, 0.3) is 0 Å². The Bertz CT molecular complexity index is 2130. The summed E-state index contributed by atoms with van der Waals surface area (Å²) in [6.07, 6.45) is 0. The summed E-state index contributed by atoms with van der Waals surface area (Å²) < 4.78 is 23.5. The van der Waals surface area contributed by atoms with Gasteiger partial charge < -0.3 is 0 Å². The van der Waals surface area contributed by atoms with E-state index in [1.165, 1.54) is 13.1 Å². The van der Waals surface area contributed by atoms with Gasteiger partial charge in [-0.1, -0.05) is 0 Å². The summed E-state index contributed by atoms with van der Waals surface area (Å²) in [6.45, 7) is 0. The van der Waals surface area contributed by atoms with Crippen LogP contribution in [-0.2, 0) is 0 Å². The molecular weight excluding hydrogens is 555 g/mol. The molecule has 0 radical (unpaired) electrons. The van der Waals surface area contributed by atoms with Crippen molar-refractivity contribution in [1.29, 1.82) is 0 Å². The van der Waals surface area contributed by atoms with E-state index in [0.717, 1.165) is 65.8 Å². The van der Waals surface area contributed by atoms with Crippen molar-refractivity contribution in [2.45, 2.75) is 0 Å². The quantitative estimate of drug-likeness (QED) is 0.201. The molecule has 4 heteroatoms. The van der Waals surface area contributed by atoms with Crippen molar-refractivity contribution in [3.8, 4) is 0 Å². The number of benzene rings is 6. The summed E-state index contributed by atoms with van der Waals surface area (Å²) >= 11 is -2.31. The van der Waals surface area contributed by atoms with E-state index in [-0.39, 0.29) is 0 Å². The second kappa shape index (κ2) is 8.39. The van der Waals surface area contributed by atoms with Crippen LogP contribution >= 0.6 is 0 Å². The van der Waals surface area contributed by atoms with E-state index >= 15 is 0 Å². The number of rotatable bonds is 3. The van der Waals surface area contributed by atoms with Gasteiger partial charge in [0.1, 0.15) is 0 Å². The molecule has 0 spiro atoms. The van der Waals surface area contributed by atoms with Gasteiger partial charge in [0.15, 0.2) is 0 Å². The van der Waals surface area contributed by atoms with Gasteiger partial charge in [0, 0.05) is 0 Å². The summed E-state index contributed by atoms with van der Waals surface area (Å²) in [7, 11) is 0. The SMILES string of the molecule is c1ccc2c(c1)oc1c([As](c3cccc4c3oc3ccccc34)c3cccc4c3oc3ccccc34)cccc12. The van der Waals surface area contributed by atoms with E-state index in [2.05, 4.69) is 109 Å². The van der Waals surface area contributed by atoms with Crippen LogP contribution in [0.4, 0.5) is 0 Å². The van der Waals surface area contributed by atoms with Gasteiger partial charge in [-0.3, -0.25) is 0 Å². The van der Waals surface area contributed by atoms with Crippen molar-refractivity contribution in [3.63, 3.8) is 0 Å². The Hall–Kier alpha value is -4.72. The molecular formula is C36H21AsO3. The van der Waals surface area contributed by atoms with Crippen molar-refractivity contribution >= 4 is 93.5 Å². The van der Waals surface area contributed by atoms with E-state index in [4.69, 9.17) is 13.3 Å². The van der Waals surface area contributed by atoms with E-state index in [9.17, 15) is 0 Å². The van der Waals surface area contributed by atoms with Crippen molar-refractivity contribution in [2.24, 2.45) is 0 Å². The molecule has 188 valence electrons. The van der Waals surface area contributed by atoms with Crippen LogP contribution in [0, 0.1) is 0 Å². The van der Waals surface area contributed by atoms with E-state index in [0.29, 0.717) is 0 Å². The molecule has 3 heterocycles. The van der Waals surface area contributed by atoms with Crippen molar-refractivity contribution < 1.29 is 13.3 Å². The third kappa shape index (κ3) is 3.07. The summed E-state index contributed by atoms with van der Waals surface area (Å²) in [6, 6.07) is 44.6. The van der Waals surface area contributed by atoms with E-state index in [1.54, 1.807) is 0 Å². The third-order valence-corrected chi connectivity index (χ3v) is 13.1. The summed E-state index contributed by atoms with van der Waals surface area (Å²) in [5, 5.41) is 6.83. The zero-order chi connectivity index (χ0) is 26.2. The van der Waals surface area contributed by atoms with Crippen LogP contribution in [0.3, 0.4) is 0 Å². The second-order valence-corrected chi connectivity index (χ2v) is 14.5. The number of para-hydroxylation sites is 6. The number of furan rings is 3. The second-order valence-electron chi connectivity index (χ2n) is 10.1. The van der Waals surface area contributed by atoms with Crippen LogP contribution in [-0.4, -0.2) is 14.7 Å². The molecule has 0 aliphatic carbocycles. The molecule has 0 bridgehead atoms. The molecule has 40 heavy (non-hydrogen) atoms. The normalized spacial score (nSPS) is 12.2. The molecule has 0 unspecified atom stereocenters. The predicted octanol–water partition coefficient (Wildman–Crippen LogP) is 7.90. The third-order valence-electron chi connectivity index (χ3n) is 7.87. The van der Waals surface area contributed by atoms with Gasteiger partial charge in [-0.05, 0) is 0 Å². The fourth-order valence-corrected chi connectivity index (χ4v) is 11.6. The van der Waals surface area contributed by atoms with Gasteiger partial charge in [-0.15, -0.1) is 0 Å². The van der Waals surface area contributed by atoms with Gasteiger partial charge in [-0.2, -0.15) is 0 Å². The number of hydrogen-bond acceptors (Lipinski definition) is 3. The minimum atomic E-state index is -2.31. The topological polar surface area (TPSA) is 39.4 Å². The molecule has 9 aromatic rings. The Morgan fingerprint density at radius 2 is 0.600 bits per heavy atom. The van der Waals surface area contributed by atoms with Crippen molar-refractivity contribution in [3.05, 3.63) is 127 Å². The number of fused-ring (bicyclic) bond motifs is 9. The first kappa shape index (κ1) is 22.1. The molecule has 0 atom stereocenters. The monoisotopic (exact) mass is 576 g/mol. The summed E-state index contributed by atoms with van der Waals surface area (Å²) in [4.78, 5) is 0. The molecule has 0 saturated heterocycles. The molecule has 6 aromatic carbocycles. The Morgan fingerprint density at radius 1 is 0.300 bits per heavy atom. The first-order valence-corrected chi connectivity index (χ1v) is 16.2. The molecule has 0 fully saturated rings. The maximum atomic E-state index is 6.62. The van der Waals surface area contributed by atoms with Crippen LogP contribution in [0.15, 0.2) is 141 Å². The Balaban J connectivity index is 1.43. The standard InChI is InChI=1S/C36H21AsO3/c1-4-19-31-22(10-1)25-13-7-16-28(34(25)38-31)37(29-17-8-14-26-23-11-2-5-20-32(23)39-35(26)29)30-18-9-15-27-24-12-3-6-21-33(24)40-36(27)30/h1-21H. The van der Waals surface area contributed by atoms with E-state index < -0.39 is 14.7 Å². The Labute approximate surface area is 233 Å². The van der Waals surface area contributed by atoms with Crippen LogP contribution < -0.4 is 13.1 Å². The van der Waals surface area contributed by atoms with Crippen molar-refractivity contribution in [2.75, 3.05) is 0 Å². The first-order chi connectivity index (χ1) is 19.8. The average molecular weight is 576 g/mol. The van der Waals surface area contributed by atoms with E-state index in [1.807, 2.05) is 18.2 Å². The average Bonchev–Trinajstić information content (AvgIpc) is 3.70. The van der Waals surface area contributed by atoms with Gasteiger partial charge >= 0.3 is 234 Å². The van der Waals surface area contributed by atoms with Crippen LogP contribution in [0.1, 0.15) is 0 Å². The first-order valence-electron chi connectivity index (χ1n) is 13.4. The Morgan fingerprint density at radius 3 is 0.950 bits per heavy atom. The van der Waals surface area contributed by atoms with Crippen LogP contribution in [0.25, 0.3) is 65.8 Å². The van der Waals surface area contributed by atoms with Gasteiger partial charge in [0.05, 0.1) is 0 Å². The molecule has 0 N–H and O–H groups in total. The minimum absolute atomic E-state index is 0.905. The molecule has 3 aromatic heterocycles. The fourth-order valence-electron chi connectivity index (χ4n) is 6.11. The molecule has 0 aliphatic rings. The molecule has 0 amide bonds. The molecule has 3 nitrogen and oxygen atoms in total.